The zero-order chi connectivity index (χ0) is 11.7. The van der Waals surface area contributed by atoms with E-state index in [-0.39, 0.29) is 16.9 Å². The quantitative estimate of drug-likeness (QED) is 0.777. The monoisotopic (exact) mass is 220 g/mol. The molecular weight excluding hydrogens is 210 g/mol. The molecule has 0 atom stereocenters. The molecule has 0 aliphatic carbocycles. The van der Waals surface area contributed by atoms with Crippen LogP contribution in [0, 0.1) is 18.6 Å². The van der Waals surface area contributed by atoms with E-state index in [2.05, 4.69) is 0 Å². The number of aromatic hydroxyl groups is 1. The molecule has 1 N–H and O–H groups in total. The van der Waals surface area contributed by atoms with Gasteiger partial charge in [-0.1, -0.05) is 11.6 Å². The van der Waals surface area contributed by atoms with Gasteiger partial charge in [0.25, 0.3) is 0 Å². The van der Waals surface area contributed by atoms with E-state index in [0.29, 0.717) is 0 Å². The Morgan fingerprint density at radius 2 is 1.62 bits per heavy atom. The number of phenols is 1. The third-order valence-corrected chi connectivity index (χ3v) is 2.36. The maximum Gasteiger partial charge on any atom is 0.134 e. The Morgan fingerprint density at radius 1 is 0.875 bits per heavy atom. The molecule has 0 aliphatic heterocycles. The van der Waals surface area contributed by atoms with Gasteiger partial charge in [-0.3, -0.25) is 0 Å². The summed E-state index contributed by atoms with van der Waals surface area (Å²) >= 11 is 0. The fourth-order valence-electron chi connectivity index (χ4n) is 1.57. The van der Waals surface area contributed by atoms with E-state index in [1.807, 2.05) is 0 Å². The van der Waals surface area contributed by atoms with Gasteiger partial charge >= 0.3 is 0 Å². The van der Waals surface area contributed by atoms with Gasteiger partial charge in [0.15, 0.2) is 0 Å². The molecule has 0 heterocycles. The van der Waals surface area contributed by atoms with Crippen LogP contribution >= 0.6 is 0 Å². The summed E-state index contributed by atoms with van der Waals surface area (Å²) < 4.78 is 27.0. The fraction of sp³-hybridized carbons (Fsp3) is 0.0769. The van der Waals surface area contributed by atoms with Crippen LogP contribution in [0.5, 0.6) is 5.75 Å². The fourth-order valence-corrected chi connectivity index (χ4v) is 1.57. The highest BCUT2D eigenvalue weighted by molar-refractivity contribution is 5.66. The Morgan fingerprint density at radius 3 is 2.31 bits per heavy atom. The summed E-state index contributed by atoms with van der Waals surface area (Å²) in [7, 11) is 0. The van der Waals surface area contributed by atoms with E-state index in [1.54, 1.807) is 19.1 Å². The molecule has 0 fully saturated rings. The van der Waals surface area contributed by atoms with Gasteiger partial charge in [0.1, 0.15) is 17.4 Å². The summed E-state index contributed by atoms with van der Waals surface area (Å²) in [6.07, 6.45) is 0. The molecular formula is C13H10F2O. The second kappa shape index (κ2) is 3.93. The lowest BCUT2D eigenvalue weighted by Gasteiger charge is -2.06. The molecule has 3 heteroatoms. The normalized spacial score (nSPS) is 10.4. The van der Waals surface area contributed by atoms with Crippen molar-refractivity contribution >= 4 is 0 Å². The first-order valence-corrected chi connectivity index (χ1v) is 4.83. The average molecular weight is 220 g/mol. The van der Waals surface area contributed by atoms with Gasteiger partial charge in [-0.2, -0.15) is 0 Å². The molecule has 2 aromatic rings. The van der Waals surface area contributed by atoms with Gasteiger partial charge < -0.3 is 5.11 Å². The van der Waals surface area contributed by atoms with E-state index in [4.69, 9.17) is 5.11 Å². The molecule has 0 saturated carbocycles. The maximum atomic E-state index is 13.5. The summed E-state index contributed by atoms with van der Waals surface area (Å²) in [5.74, 6) is -1.28. The smallest absolute Gasteiger partial charge is 0.134 e. The Labute approximate surface area is 92.0 Å². The summed E-state index contributed by atoms with van der Waals surface area (Å²) in [5.41, 5.74) is 1.21. The largest absolute Gasteiger partial charge is 0.508 e. The second-order valence-electron chi connectivity index (χ2n) is 3.65. The van der Waals surface area contributed by atoms with Crippen LogP contribution in [0.1, 0.15) is 5.56 Å². The third kappa shape index (κ3) is 1.89. The second-order valence-corrected chi connectivity index (χ2v) is 3.65. The zero-order valence-corrected chi connectivity index (χ0v) is 8.67. The summed E-state index contributed by atoms with van der Waals surface area (Å²) in [6.45, 7) is 1.81. The lowest BCUT2D eigenvalue weighted by Crippen LogP contribution is -1.89. The molecule has 0 amide bonds. The van der Waals surface area contributed by atoms with E-state index >= 15 is 0 Å². The van der Waals surface area contributed by atoms with Gasteiger partial charge in [-0.15, -0.1) is 0 Å². The molecule has 0 aliphatic rings. The lowest BCUT2D eigenvalue weighted by molar-refractivity contribution is 0.469. The van der Waals surface area contributed by atoms with Crippen LogP contribution in [0.15, 0.2) is 36.4 Å². The van der Waals surface area contributed by atoms with Crippen LogP contribution in [-0.2, 0) is 0 Å². The number of benzene rings is 2. The van der Waals surface area contributed by atoms with Gasteiger partial charge in [-0.05, 0) is 31.2 Å². The Hall–Kier alpha value is -1.90. The molecule has 1 nitrogen and oxygen atoms in total. The van der Waals surface area contributed by atoms with Gasteiger partial charge in [0, 0.05) is 17.2 Å². The minimum Gasteiger partial charge on any atom is -0.508 e. The van der Waals surface area contributed by atoms with Gasteiger partial charge in [0.2, 0.25) is 0 Å². The van der Waals surface area contributed by atoms with Crippen molar-refractivity contribution in [1.82, 2.24) is 0 Å². The van der Waals surface area contributed by atoms with Crippen LogP contribution < -0.4 is 0 Å². The standard InChI is InChI=1S/C13H10F2O/c1-8-2-5-12(14)11(6-8)10-4-3-9(16)7-13(10)15/h2-7,16H,1H3. The average Bonchev–Trinajstić information content (AvgIpc) is 2.22. The molecule has 82 valence electrons. The minimum absolute atomic E-state index is 0.152. The highest BCUT2D eigenvalue weighted by Crippen LogP contribution is 2.28. The zero-order valence-electron chi connectivity index (χ0n) is 8.67. The highest BCUT2D eigenvalue weighted by atomic mass is 19.1. The Balaban J connectivity index is 2.62. The van der Waals surface area contributed by atoms with E-state index in [0.717, 1.165) is 11.6 Å². The lowest BCUT2D eigenvalue weighted by atomic mass is 10.0. The Bertz CT molecular complexity index is 535. The van der Waals surface area contributed by atoms with Crippen molar-refractivity contribution in [3.63, 3.8) is 0 Å². The summed E-state index contributed by atoms with van der Waals surface area (Å²) in [4.78, 5) is 0. The minimum atomic E-state index is -0.635. The first-order chi connectivity index (χ1) is 7.58. The number of phenolic OH excluding ortho intramolecular Hbond substituents is 1. The highest BCUT2D eigenvalue weighted by Gasteiger charge is 2.10. The van der Waals surface area contributed by atoms with Crippen molar-refractivity contribution < 1.29 is 13.9 Å². The topological polar surface area (TPSA) is 20.2 Å². The van der Waals surface area contributed by atoms with Crippen molar-refractivity contribution in [3.05, 3.63) is 53.6 Å². The number of aryl methyl sites for hydroxylation is 1. The first-order valence-electron chi connectivity index (χ1n) is 4.83. The van der Waals surface area contributed by atoms with Gasteiger partial charge in [0.05, 0.1) is 0 Å². The molecule has 0 aromatic heterocycles. The van der Waals surface area contributed by atoms with Crippen LogP contribution in [0.3, 0.4) is 0 Å². The molecule has 16 heavy (non-hydrogen) atoms. The molecule has 2 rings (SSSR count). The first kappa shape index (κ1) is 10.6. The van der Waals surface area contributed by atoms with Crippen molar-refractivity contribution in [3.8, 4) is 16.9 Å². The van der Waals surface area contributed by atoms with Crippen LogP contribution in [0.2, 0.25) is 0 Å². The van der Waals surface area contributed by atoms with Crippen molar-refractivity contribution in [1.29, 1.82) is 0 Å². The molecule has 0 spiro atoms. The number of halogens is 2. The molecule has 0 unspecified atom stereocenters. The summed E-state index contributed by atoms with van der Waals surface area (Å²) in [5, 5.41) is 9.07. The predicted octanol–water partition coefficient (Wildman–Crippen LogP) is 3.65. The summed E-state index contributed by atoms with van der Waals surface area (Å²) in [6, 6.07) is 8.17. The number of rotatable bonds is 1. The number of hydrogen-bond donors (Lipinski definition) is 1. The third-order valence-electron chi connectivity index (χ3n) is 2.36. The Kier molecular flexibility index (Phi) is 2.60. The van der Waals surface area contributed by atoms with Crippen LogP contribution in [0.4, 0.5) is 8.78 Å². The van der Waals surface area contributed by atoms with Crippen LogP contribution in [0.25, 0.3) is 11.1 Å². The molecule has 2 aromatic carbocycles. The SMILES string of the molecule is Cc1ccc(F)c(-c2ccc(O)cc2F)c1. The van der Waals surface area contributed by atoms with E-state index in [1.165, 1.54) is 18.2 Å². The van der Waals surface area contributed by atoms with Crippen molar-refractivity contribution in [2.24, 2.45) is 0 Å². The van der Waals surface area contributed by atoms with Crippen molar-refractivity contribution in [2.75, 3.05) is 0 Å². The molecule has 0 radical (unpaired) electrons. The van der Waals surface area contributed by atoms with E-state index in [9.17, 15) is 8.78 Å². The predicted molar refractivity (Wildman–Crippen MR) is 58.2 cm³/mol. The molecule has 0 saturated heterocycles. The number of hydrogen-bond acceptors (Lipinski definition) is 1. The maximum absolute atomic E-state index is 13.5. The van der Waals surface area contributed by atoms with Crippen LogP contribution in [-0.4, -0.2) is 5.11 Å². The molecule has 0 bridgehead atoms. The van der Waals surface area contributed by atoms with Gasteiger partial charge in [-0.25, -0.2) is 8.78 Å². The van der Waals surface area contributed by atoms with E-state index < -0.39 is 11.6 Å². The van der Waals surface area contributed by atoms with Crippen molar-refractivity contribution in [2.45, 2.75) is 6.92 Å².